The quantitative estimate of drug-likeness (QED) is 0.436. The van der Waals surface area contributed by atoms with Crippen LogP contribution in [0.15, 0.2) is 30.9 Å². The molecule has 3 aromatic rings. The summed E-state index contributed by atoms with van der Waals surface area (Å²) in [5.74, 6) is 1.99. The fourth-order valence-electron chi connectivity index (χ4n) is 3.84. The van der Waals surface area contributed by atoms with Crippen molar-refractivity contribution in [1.82, 2.24) is 19.5 Å². The third-order valence-electron chi connectivity index (χ3n) is 5.50. The lowest BCUT2D eigenvalue weighted by molar-refractivity contribution is -0.0652. The van der Waals surface area contributed by atoms with Crippen LogP contribution in [-0.4, -0.2) is 68.1 Å². The zero-order valence-electron chi connectivity index (χ0n) is 17.5. The molecular formula is C21H25N5O6. The van der Waals surface area contributed by atoms with E-state index in [1.54, 1.807) is 4.57 Å². The van der Waals surface area contributed by atoms with Crippen LogP contribution in [0.2, 0.25) is 0 Å². The van der Waals surface area contributed by atoms with Crippen molar-refractivity contribution in [2.24, 2.45) is 0 Å². The Morgan fingerprint density at radius 2 is 2.03 bits per heavy atom. The molecule has 1 aromatic carbocycles. The van der Waals surface area contributed by atoms with Gasteiger partial charge in [0.1, 0.15) is 24.6 Å². The molecule has 0 spiro atoms. The van der Waals surface area contributed by atoms with E-state index >= 15 is 0 Å². The number of fused-ring (bicyclic) bond motifs is 2. The summed E-state index contributed by atoms with van der Waals surface area (Å²) >= 11 is 0. The van der Waals surface area contributed by atoms with Gasteiger partial charge in [-0.1, -0.05) is 13.0 Å². The second-order valence-corrected chi connectivity index (χ2v) is 7.71. The van der Waals surface area contributed by atoms with E-state index in [4.69, 9.17) is 18.9 Å². The van der Waals surface area contributed by atoms with Gasteiger partial charge in [0.2, 0.25) is 6.79 Å². The molecule has 170 valence electrons. The van der Waals surface area contributed by atoms with E-state index in [1.807, 2.05) is 25.1 Å². The van der Waals surface area contributed by atoms with E-state index in [0.29, 0.717) is 35.9 Å². The highest BCUT2D eigenvalue weighted by molar-refractivity contribution is 5.82. The Morgan fingerprint density at radius 1 is 1.16 bits per heavy atom. The van der Waals surface area contributed by atoms with Crippen LogP contribution in [0.1, 0.15) is 25.1 Å². The number of nitrogens with one attached hydrogen (secondary N) is 1. The third-order valence-corrected chi connectivity index (χ3v) is 5.50. The topological polar surface area (TPSA) is 133 Å². The van der Waals surface area contributed by atoms with E-state index in [0.717, 1.165) is 17.7 Å². The van der Waals surface area contributed by atoms with Crippen molar-refractivity contribution in [3.8, 4) is 11.5 Å². The Morgan fingerprint density at radius 3 is 2.91 bits per heavy atom. The van der Waals surface area contributed by atoms with Crippen LogP contribution in [-0.2, 0) is 16.0 Å². The molecular weight excluding hydrogens is 418 g/mol. The lowest BCUT2D eigenvalue weighted by Crippen LogP contribution is -2.33. The van der Waals surface area contributed by atoms with Crippen LogP contribution in [0.5, 0.6) is 11.5 Å². The molecule has 1 fully saturated rings. The van der Waals surface area contributed by atoms with E-state index in [9.17, 15) is 10.2 Å². The number of aliphatic hydroxyl groups is 2. The standard InChI is InChI=1S/C21H25N5O6/c1-2-5-29-8-15-17(27)18(28)21(32-15)26-10-25-16-19(23-9-24-20(16)26)22-7-12-3-4-13-14(6-12)31-11-30-13/h3-4,6,9-10,15,17-18,21,27-28H,2,5,7-8,11H2,1H3,(H,22,23,24)/t15-,17+,18?,21-/m1/s1. The lowest BCUT2D eigenvalue weighted by Gasteiger charge is -2.16. The maximum atomic E-state index is 10.6. The number of hydrogen-bond acceptors (Lipinski definition) is 10. The highest BCUT2D eigenvalue weighted by Crippen LogP contribution is 2.34. The van der Waals surface area contributed by atoms with Crippen molar-refractivity contribution in [3.63, 3.8) is 0 Å². The van der Waals surface area contributed by atoms with Gasteiger partial charge in [0.05, 0.1) is 12.9 Å². The lowest BCUT2D eigenvalue weighted by atomic mass is 10.1. The number of aromatic nitrogens is 4. The normalized spacial score (nSPS) is 24.3. The molecule has 0 radical (unpaired) electrons. The summed E-state index contributed by atoms with van der Waals surface area (Å²) in [5, 5.41) is 24.2. The SMILES string of the molecule is CCCOC[C@H]1O[C@@H](n2cnc3c(NCc4ccc5c(c4)OCO5)ncnc32)C(O)[C@H]1O. The van der Waals surface area contributed by atoms with Gasteiger partial charge >= 0.3 is 0 Å². The summed E-state index contributed by atoms with van der Waals surface area (Å²) in [4.78, 5) is 13.0. The number of benzene rings is 1. The number of imidazole rings is 1. The predicted octanol–water partition coefficient (Wildman–Crippen LogP) is 1.21. The van der Waals surface area contributed by atoms with E-state index in [2.05, 4.69) is 20.3 Å². The van der Waals surface area contributed by atoms with Crippen LogP contribution in [0.3, 0.4) is 0 Å². The summed E-state index contributed by atoms with van der Waals surface area (Å²) in [5.41, 5.74) is 2.01. The molecule has 1 unspecified atom stereocenters. The van der Waals surface area contributed by atoms with Crippen LogP contribution < -0.4 is 14.8 Å². The first-order valence-electron chi connectivity index (χ1n) is 10.5. The van der Waals surface area contributed by atoms with Crippen molar-refractivity contribution in [2.75, 3.05) is 25.3 Å². The summed E-state index contributed by atoms with van der Waals surface area (Å²) in [7, 11) is 0. The summed E-state index contributed by atoms with van der Waals surface area (Å²) in [6, 6.07) is 5.73. The second-order valence-electron chi connectivity index (χ2n) is 7.71. The Balaban J connectivity index is 1.33. The smallest absolute Gasteiger partial charge is 0.231 e. The van der Waals surface area contributed by atoms with Crippen LogP contribution >= 0.6 is 0 Å². The number of ether oxygens (including phenoxy) is 4. The average Bonchev–Trinajstić information content (AvgIpc) is 3.51. The van der Waals surface area contributed by atoms with Gasteiger partial charge < -0.3 is 34.5 Å². The molecule has 0 amide bonds. The zero-order valence-corrected chi connectivity index (χ0v) is 17.5. The minimum atomic E-state index is -1.14. The van der Waals surface area contributed by atoms with Gasteiger partial charge in [0, 0.05) is 13.2 Å². The first-order chi connectivity index (χ1) is 15.7. The van der Waals surface area contributed by atoms with E-state index < -0.39 is 24.5 Å². The second kappa shape index (κ2) is 8.87. The van der Waals surface area contributed by atoms with Crippen molar-refractivity contribution < 1.29 is 29.2 Å². The molecule has 2 aromatic heterocycles. The number of aliphatic hydroxyl groups excluding tert-OH is 2. The fourth-order valence-corrected chi connectivity index (χ4v) is 3.84. The minimum absolute atomic E-state index is 0.201. The van der Waals surface area contributed by atoms with E-state index in [-0.39, 0.29) is 13.4 Å². The highest BCUT2D eigenvalue weighted by atomic mass is 16.7. The van der Waals surface area contributed by atoms with Gasteiger partial charge in [-0.15, -0.1) is 0 Å². The number of nitrogens with zero attached hydrogens (tertiary/aromatic N) is 4. The summed E-state index contributed by atoms with van der Waals surface area (Å²) < 4.78 is 23.7. The molecule has 1 saturated heterocycles. The van der Waals surface area contributed by atoms with E-state index in [1.165, 1.54) is 12.7 Å². The van der Waals surface area contributed by atoms with Gasteiger partial charge in [-0.25, -0.2) is 15.0 Å². The van der Waals surface area contributed by atoms with Gasteiger partial charge in [-0.05, 0) is 24.1 Å². The Hall–Kier alpha value is -2.99. The third kappa shape index (κ3) is 3.84. The molecule has 4 heterocycles. The molecule has 11 heteroatoms. The highest BCUT2D eigenvalue weighted by Gasteiger charge is 2.44. The first-order valence-corrected chi connectivity index (χ1v) is 10.5. The Kier molecular flexibility index (Phi) is 5.79. The zero-order chi connectivity index (χ0) is 22.1. The molecule has 0 bridgehead atoms. The van der Waals surface area contributed by atoms with Gasteiger partial charge in [-0.2, -0.15) is 0 Å². The number of hydrogen-bond donors (Lipinski definition) is 3. The molecule has 2 aliphatic heterocycles. The summed E-state index contributed by atoms with van der Waals surface area (Å²) in [6.07, 6.45) is 0.136. The predicted molar refractivity (Wildman–Crippen MR) is 112 cm³/mol. The van der Waals surface area contributed by atoms with Crippen molar-refractivity contribution in [3.05, 3.63) is 36.4 Å². The largest absolute Gasteiger partial charge is 0.454 e. The average molecular weight is 443 g/mol. The van der Waals surface area contributed by atoms with Gasteiger partial charge in [0.25, 0.3) is 0 Å². The molecule has 11 nitrogen and oxygen atoms in total. The minimum Gasteiger partial charge on any atom is -0.454 e. The number of rotatable bonds is 8. The van der Waals surface area contributed by atoms with Crippen molar-refractivity contribution >= 4 is 17.0 Å². The van der Waals surface area contributed by atoms with Crippen molar-refractivity contribution in [1.29, 1.82) is 0 Å². The Labute approximate surface area is 183 Å². The molecule has 2 aliphatic rings. The van der Waals surface area contributed by atoms with Gasteiger partial charge in [0.15, 0.2) is 34.7 Å². The maximum absolute atomic E-state index is 10.6. The van der Waals surface area contributed by atoms with Crippen LogP contribution in [0, 0.1) is 0 Å². The van der Waals surface area contributed by atoms with Crippen LogP contribution in [0.4, 0.5) is 5.82 Å². The van der Waals surface area contributed by atoms with Crippen molar-refractivity contribution in [2.45, 2.75) is 44.4 Å². The first kappa shape index (κ1) is 20.9. The maximum Gasteiger partial charge on any atom is 0.231 e. The molecule has 4 atom stereocenters. The summed E-state index contributed by atoms with van der Waals surface area (Å²) in [6.45, 7) is 3.48. The number of anilines is 1. The molecule has 3 N–H and O–H groups in total. The molecule has 0 aliphatic carbocycles. The molecule has 0 saturated carbocycles. The molecule has 32 heavy (non-hydrogen) atoms. The Bertz CT molecular complexity index is 1090. The van der Waals surface area contributed by atoms with Crippen LogP contribution in [0.25, 0.3) is 11.2 Å². The monoisotopic (exact) mass is 443 g/mol. The molecule has 5 rings (SSSR count). The fraction of sp³-hybridized carbons (Fsp3) is 0.476. The van der Waals surface area contributed by atoms with Gasteiger partial charge in [-0.3, -0.25) is 4.57 Å².